The van der Waals surface area contributed by atoms with E-state index in [1.807, 2.05) is 96.4 Å². The first kappa shape index (κ1) is 23.6. The minimum Gasteiger partial charge on any atom is -0.166 e. The zero-order valence-corrected chi connectivity index (χ0v) is 20.0. The van der Waals surface area contributed by atoms with E-state index in [0.717, 1.165) is 33.0 Å². The van der Waals surface area contributed by atoms with Crippen LogP contribution in [0.3, 0.4) is 0 Å². The van der Waals surface area contributed by atoms with E-state index in [4.69, 9.17) is 11.8 Å². The van der Waals surface area contributed by atoms with E-state index in [2.05, 4.69) is 0 Å². The summed E-state index contributed by atoms with van der Waals surface area (Å²) in [6.07, 6.45) is -4.39. The Morgan fingerprint density at radius 3 is 1.58 bits per heavy atom. The monoisotopic (exact) mass is 496 g/mol. The molecule has 4 rings (SSSR count). The molecule has 0 aromatic heterocycles. The number of alkyl halides is 3. The first-order chi connectivity index (χ1) is 15.9. The van der Waals surface area contributed by atoms with E-state index in [9.17, 15) is 13.2 Å². The molecular formula is C27H20F3PS2. The molecule has 0 heterocycles. The molecule has 0 spiro atoms. The number of halogens is 3. The summed E-state index contributed by atoms with van der Waals surface area (Å²) < 4.78 is 39.7. The Morgan fingerprint density at radius 1 is 0.667 bits per heavy atom. The standard InChI is InChI=1S/C27H20F3PS2/c28-27(29,30)22-18-16-21(17-19-22)26(20-33-25-14-8-3-9-15-25)31(32,23-10-4-1-5-11-23)24-12-6-2-7-13-24/h1-20H/b26-20+. The van der Waals surface area contributed by atoms with Gasteiger partial charge in [0.05, 0.1) is 5.56 Å². The molecule has 166 valence electrons. The number of hydrogen-bond donors (Lipinski definition) is 0. The first-order valence-corrected chi connectivity index (χ1v) is 13.9. The molecule has 0 bridgehead atoms. The van der Waals surface area contributed by atoms with E-state index in [1.165, 1.54) is 23.9 Å². The molecule has 0 radical (unpaired) electrons. The van der Waals surface area contributed by atoms with Crippen LogP contribution in [0.25, 0.3) is 5.31 Å². The maximum atomic E-state index is 13.2. The van der Waals surface area contributed by atoms with E-state index in [1.54, 1.807) is 0 Å². The molecule has 0 N–H and O–H groups in total. The normalized spacial score (nSPS) is 12.5. The molecule has 0 atom stereocenters. The lowest BCUT2D eigenvalue weighted by molar-refractivity contribution is -0.137. The lowest BCUT2D eigenvalue weighted by Gasteiger charge is -2.27. The van der Waals surface area contributed by atoms with Crippen molar-refractivity contribution in [2.45, 2.75) is 11.1 Å². The van der Waals surface area contributed by atoms with Gasteiger partial charge in [0, 0.05) is 16.2 Å². The quantitative estimate of drug-likeness (QED) is 0.196. The SMILES string of the molecule is FC(F)(F)c1ccc(/C(=C\Sc2ccccc2)P(=S)(c2ccccc2)c2ccccc2)cc1. The Morgan fingerprint density at radius 2 is 1.12 bits per heavy atom. The van der Waals surface area contributed by atoms with Gasteiger partial charge in [0.25, 0.3) is 0 Å². The van der Waals surface area contributed by atoms with Gasteiger partial charge in [-0.1, -0.05) is 115 Å². The molecule has 0 amide bonds. The first-order valence-electron chi connectivity index (χ1n) is 10.2. The molecule has 0 fully saturated rings. The average Bonchev–Trinajstić information content (AvgIpc) is 2.85. The van der Waals surface area contributed by atoms with Crippen LogP contribution in [0.2, 0.25) is 0 Å². The summed E-state index contributed by atoms with van der Waals surface area (Å²) in [5, 5.41) is 4.85. The van der Waals surface area contributed by atoms with Crippen molar-refractivity contribution in [2.24, 2.45) is 0 Å². The van der Waals surface area contributed by atoms with Gasteiger partial charge in [0.15, 0.2) is 0 Å². The van der Waals surface area contributed by atoms with E-state index in [0.29, 0.717) is 5.56 Å². The zero-order valence-electron chi connectivity index (χ0n) is 17.4. The van der Waals surface area contributed by atoms with Crippen molar-refractivity contribution in [3.05, 3.63) is 132 Å². The van der Waals surface area contributed by atoms with Crippen molar-refractivity contribution in [3.8, 4) is 0 Å². The molecule has 6 heteroatoms. The number of thioether (sulfide) groups is 1. The summed E-state index contributed by atoms with van der Waals surface area (Å²) in [5.41, 5.74) is 0.0245. The average molecular weight is 497 g/mol. The fourth-order valence-corrected chi connectivity index (χ4v) is 8.91. The van der Waals surface area contributed by atoms with Crippen LogP contribution >= 0.6 is 17.8 Å². The number of hydrogen-bond acceptors (Lipinski definition) is 2. The molecule has 0 aliphatic rings. The summed E-state index contributed by atoms with van der Waals surface area (Å²) in [4.78, 5) is 1.03. The van der Waals surface area contributed by atoms with Crippen LogP contribution in [0.4, 0.5) is 13.2 Å². The Kier molecular flexibility index (Phi) is 7.23. The third-order valence-electron chi connectivity index (χ3n) is 5.14. The zero-order chi connectivity index (χ0) is 23.3. The minimum atomic E-state index is -4.39. The van der Waals surface area contributed by atoms with Crippen molar-refractivity contribution >= 4 is 45.5 Å². The predicted octanol–water partition coefficient (Wildman–Crippen LogP) is 7.93. The van der Waals surface area contributed by atoms with Gasteiger partial charge >= 0.3 is 6.18 Å². The molecule has 4 aromatic rings. The highest BCUT2D eigenvalue weighted by Crippen LogP contribution is 2.58. The topological polar surface area (TPSA) is 0 Å². The van der Waals surface area contributed by atoms with E-state index in [-0.39, 0.29) is 0 Å². The van der Waals surface area contributed by atoms with Crippen molar-refractivity contribution < 1.29 is 13.2 Å². The Bertz CT molecular complexity index is 1220. The summed E-state index contributed by atoms with van der Waals surface area (Å²) in [6, 6.07) is 32.4. The van der Waals surface area contributed by atoms with Gasteiger partial charge in [-0.3, -0.25) is 0 Å². The number of rotatable bonds is 6. The lowest BCUT2D eigenvalue weighted by Crippen LogP contribution is -2.16. The second-order valence-electron chi connectivity index (χ2n) is 7.29. The Balaban J connectivity index is 1.92. The van der Waals surface area contributed by atoms with Crippen LogP contribution < -0.4 is 10.6 Å². The van der Waals surface area contributed by atoms with Gasteiger partial charge in [-0.25, -0.2) is 0 Å². The van der Waals surface area contributed by atoms with Crippen LogP contribution in [0.1, 0.15) is 11.1 Å². The maximum absolute atomic E-state index is 13.2. The molecule has 0 aliphatic carbocycles. The summed E-state index contributed by atoms with van der Waals surface area (Å²) in [7, 11) is 0. The highest BCUT2D eigenvalue weighted by Gasteiger charge is 2.32. The van der Waals surface area contributed by atoms with Gasteiger partial charge in [-0.2, -0.15) is 13.2 Å². The molecule has 0 unspecified atom stereocenters. The Hall–Kier alpha value is -2.59. The van der Waals surface area contributed by atoms with Crippen molar-refractivity contribution in [1.82, 2.24) is 0 Å². The third kappa shape index (κ3) is 5.33. The Labute approximate surface area is 201 Å². The second-order valence-corrected chi connectivity index (χ2v) is 12.6. The van der Waals surface area contributed by atoms with Gasteiger partial charge in [-0.15, -0.1) is 0 Å². The largest absolute Gasteiger partial charge is 0.416 e. The fraction of sp³-hybridized carbons (Fsp3) is 0.0370. The fourth-order valence-electron chi connectivity index (χ4n) is 3.48. The van der Waals surface area contributed by atoms with Crippen LogP contribution in [-0.2, 0) is 18.0 Å². The molecular weight excluding hydrogens is 476 g/mol. The smallest absolute Gasteiger partial charge is 0.166 e. The van der Waals surface area contributed by atoms with Gasteiger partial charge in [-0.05, 0) is 45.8 Å². The van der Waals surface area contributed by atoms with Crippen molar-refractivity contribution in [3.63, 3.8) is 0 Å². The lowest BCUT2D eigenvalue weighted by atomic mass is 10.1. The molecule has 0 saturated heterocycles. The van der Waals surface area contributed by atoms with E-state index >= 15 is 0 Å². The van der Waals surface area contributed by atoms with E-state index < -0.39 is 17.8 Å². The predicted molar refractivity (Wildman–Crippen MR) is 138 cm³/mol. The molecule has 4 aromatic carbocycles. The summed E-state index contributed by atoms with van der Waals surface area (Å²) in [6.45, 7) is 0. The maximum Gasteiger partial charge on any atom is 0.416 e. The summed E-state index contributed by atoms with van der Waals surface area (Å²) in [5.74, 6) is 0. The molecule has 0 saturated carbocycles. The molecule has 0 aliphatic heterocycles. The van der Waals surface area contributed by atoms with Crippen LogP contribution in [0.5, 0.6) is 0 Å². The van der Waals surface area contributed by atoms with Crippen LogP contribution in [0.15, 0.2) is 126 Å². The van der Waals surface area contributed by atoms with Crippen LogP contribution in [-0.4, -0.2) is 0 Å². The van der Waals surface area contributed by atoms with Gasteiger partial charge < -0.3 is 0 Å². The highest BCUT2D eigenvalue weighted by atomic mass is 32.4. The van der Waals surface area contributed by atoms with Gasteiger partial charge in [0.2, 0.25) is 0 Å². The number of benzene rings is 4. The molecule has 0 nitrogen and oxygen atoms in total. The summed E-state index contributed by atoms with van der Waals surface area (Å²) >= 11 is 7.99. The van der Waals surface area contributed by atoms with Crippen molar-refractivity contribution in [2.75, 3.05) is 0 Å². The van der Waals surface area contributed by atoms with Crippen molar-refractivity contribution in [1.29, 1.82) is 0 Å². The molecule has 33 heavy (non-hydrogen) atoms. The second kappa shape index (κ2) is 10.1. The third-order valence-corrected chi connectivity index (χ3v) is 11.2. The highest BCUT2D eigenvalue weighted by molar-refractivity contribution is 8.27. The van der Waals surface area contributed by atoms with Gasteiger partial charge in [0.1, 0.15) is 0 Å². The van der Waals surface area contributed by atoms with Crippen LogP contribution in [0, 0.1) is 0 Å². The minimum absolute atomic E-state index is 0.672.